The van der Waals surface area contributed by atoms with Crippen LogP contribution in [0.4, 0.5) is 5.69 Å². The number of nitrogens with zero attached hydrogens (tertiary/aromatic N) is 2. The minimum Gasteiger partial charge on any atom is -0.378 e. The maximum atomic E-state index is 12.6. The van der Waals surface area contributed by atoms with Crippen molar-refractivity contribution in [2.45, 2.75) is 19.8 Å². The molecule has 2 aromatic rings. The van der Waals surface area contributed by atoms with Gasteiger partial charge < -0.3 is 9.80 Å². The fourth-order valence-corrected chi connectivity index (χ4v) is 3.97. The van der Waals surface area contributed by atoms with Crippen LogP contribution >= 0.6 is 11.3 Å². The van der Waals surface area contributed by atoms with Crippen LogP contribution in [0, 0.1) is 6.92 Å². The molecule has 1 aliphatic rings. The Morgan fingerprint density at radius 1 is 1.14 bits per heavy atom. The molecule has 0 aliphatic carbocycles. The first-order valence-corrected chi connectivity index (χ1v) is 8.55. The number of carbonyl (C=O) groups excluding carboxylic acids is 1. The van der Waals surface area contributed by atoms with E-state index in [2.05, 4.69) is 35.2 Å². The molecule has 2 heterocycles. The first-order valence-electron chi connectivity index (χ1n) is 7.74. The van der Waals surface area contributed by atoms with Gasteiger partial charge in [-0.25, -0.2) is 0 Å². The number of hydrogen-bond donors (Lipinski definition) is 0. The van der Waals surface area contributed by atoms with E-state index in [0.29, 0.717) is 0 Å². The second-order valence-corrected chi connectivity index (χ2v) is 7.12. The molecule has 0 radical (unpaired) electrons. The van der Waals surface area contributed by atoms with Gasteiger partial charge in [0.1, 0.15) is 0 Å². The quantitative estimate of drug-likeness (QED) is 0.854. The Hall–Kier alpha value is -1.81. The lowest BCUT2D eigenvalue weighted by molar-refractivity contribution is 0.0797. The summed E-state index contributed by atoms with van der Waals surface area (Å²) in [6.07, 6.45) is 2.27. The highest BCUT2D eigenvalue weighted by Gasteiger charge is 2.23. The van der Waals surface area contributed by atoms with Gasteiger partial charge in [-0.1, -0.05) is 12.1 Å². The Labute approximate surface area is 136 Å². The largest absolute Gasteiger partial charge is 0.378 e. The summed E-state index contributed by atoms with van der Waals surface area (Å²) in [5.74, 6) is 0.205. The van der Waals surface area contributed by atoms with Crippen molar-refractivity contribution in [2.75, 3.05) is 32.1 Å². The van der Waals surface area contributed by atoms with Crippen molar-refractivity contribution < 1.29 is 4.79 Å². The van der Waals surface area contributed by atoms with Crippen molar-refractivity contribution in [3.8, 4) is 10.4 Å². The van der Waals surface area contributed by atoms with Gasteiger partial charge in [-0.15, -0.1) is 11.3 Å². The SMILES string of the molecule is Cc1cc(-c2ccc(N(C)C)cc2)sc1C(=O)N1CCCC1. The molecular formula is C18H22N2OS. The zero-order chi connectivity index (χ0) is 15.7. The zero-order valence-corrected chi connectivity index (χ0v) is 14.2. The van der Waals surface area contributed by atoms with Crippen LogP contribution in [0.2, 0.25) is 0 Å². The summed E-state index contributed by atoms with van der Waals surface area (Å²) in [6.45, 7) is 3.85. The van der Waals surface area contributed by atoms with E-state index in [-0.39, 0.29) is 5.91 Å². The summed E-state index contributed by atoms with van der Waals surface area (Å²) in [5, 5.41) is 0. The molecule has 0 spiro atoms. The third-order valence-electron chi connectivity index (χ3n) is 4.17. The number of amides is 1. The molecule has 1 aliphatic heterocycles. The Morgan fingerprint density at radius 2 is 1.77 bits per heavy atom. The van der Waals surface area contributed by atoms with Crippen LogP contribution in [-0.4, -0.2) is 38.0 Å². The fourth-order valence-electron chi connectivity index (χ4n) is 2.82. The van der Waals surface area contributed by atoms with Crippen LogP contribution in [0.15, 0.2) is 30.3 Å². The normalized spacial score (nSPS) is 14.4. The lowest BCUT2D eigenvalue weighted by Crippen LogP contribution is -2.27. The summed E-state index contributed by atoms with van der Waals surface area (Å²) in [6, 6.07) is 10.6. The molecule has 0 bridgehead atoms. The van der Waals surface area contributed by atoms with Crippen molar-refractivity contribution in [1.29, 1.82) is 0 Å². The number of thiophene rings is 1. The summed E-state index contributed by atoms with van der Waals surface area (Å²) in [7, 11) is 4.08. The van der Waals surface area contributed by atoms with Gasteiger partial charge in [0.15, 0.2) is 0 Å². The Bertz CT molecular complexity index is 667. The molecule has 3 rings (SSSR count). The minimum atomic E-state index is 0.205. The van der Waals surface area contributed by atoms with Gasteiger partial charge in [-0.3, -0.25) is 4.79 Å². The van der Waals surface area contributed by atoms with E-state index >= 15 is 0 Å². The van der Waals surface area contributed by atoms with Crippen LogP contribution in [0.1, 0.15) is 28.1 Å². The molecule has 1 amide bonds. The first kappa shape index (κ1) is 15.1. The summed E-state index contributed by atoms with van der Waals surface area (Å²) in [4.78, 5) is 18.7. The summed E-state index contributed by atoms with van der Waals surface area (Å²) in [5.41, 5.74) is 3.46. The van der Waals surface area contributed by atoms with E-state index in [0.717, 1.165) is 36.4 Å². The molecule has 1 aromatic carbocycles. The van der Waals surface area contributed by atoms with Crippen LogP contribution in [0.5, 0.6) is 0 Å². The number of likely N-dealkylation sites (tertiary alicyclic amines) is 1. The van der Waals surface area contributed by atoms with Crippen LogP contribution < -0.4 is 4.90 Å². The predicted octanol–water partition coefficient (Wildman–Crippen LogP) is 4.03. The van der Waals surface area contributed by atoms with Gasteiger partial charge in [0, 0.05) is 37.7 Å². The van der Waals surface area contributed by atoms with Crippen molar-refractivity contribution in [2.24, 2.45) is 0 Å². The highest BCUT2D eigenvalue weighted by molar-refractivity contribution is 7.17. The fraction of sp³-hybridized carbons (Fsp3) is 0.389. The van der Waals surface area contributed by atoms with E-state index in [4.69, 9.17) is 0 Å². The van der Waals surface area contributed by atoms with E-state index in [1.807, 2.05) is 25.9 Å². The highest BCUT2D eigenvalue weighted by atomic mass is 32.1. The van der Waals surface area contributed by atoms with E-state index in [1.165, 1.54) is 16.1 Å². The molecule has 4 heteroatoms. The Kier molecular flexibility index (Phi) is 4.21. The van der Waals surface area contributed by atoms with E-state index < -0.39 is 0 Å². The maximum Gasteiger partial charge on any atom is 0.264 e. The topological polar surface area (TPSA) is 23.6 Å². The van der Waals surface area contributed by atoms with Crippen molar-refractivity contribution in [3.05, 3.63) is 40.8 Å². The van der Waals surface area contributed by atoms with Crippen molar-refractivity contribution >= 4 is 22.9 Å². The van der Waals surface area contributed by atoms with E-state index in [1.54, 1.807) is 11.3 Å². The molecule has 3 nitrogen and oxygen atoms in total. The van der Waals surface area contributed by atoms with Gasteiger partial charge in [-0.05, 0) is 49.1 Å². The Morgan fingerprint density at radius 3 is 2.36 bits per heavy atom. The molecule has 1 aromatic heterocycles. The second-order valence-electron chi connectivity index (χ2n) is 6.06. The number of anilines is 1. The average Bonchev–Trinajstić information content (AvgIpc) is 3.16. The minimum absolute atomic E-state index is 0.205. The van der Waals surface area contributed by atoms with Crippen molar-refractivity contribution in [3.63, 3.8) is 0 Å². The monoisotopic (exact) mass is 314 g/mol. The number of carbonyl (C=O) groups is 1. The first-order chi connectivity index (χ1) is 10.6. The standard InChI is InChI=1S/C18H22N2OS/c1-13-12-16(14-6-8-15(9-7-14)19(2)3)22-17(13)18(21)20-10-4-5-11-20/h6-9,12H,4-5,10-11H2,1-3H3. The smallest absolute Gasteiger partial charge is 0.264 e. The van der Waals surface area contributed by atoms with Gasteiger partial charge in [0.2, 0.25) is 0 Å². The van der Waals surface area contributed by atoms with E-state index in [9.17, 15) is 4.79 Å². The molecule has 116 valence electrons. The molecule has 0 unspecified atom stereocenters. The van der Waals surface area contributed by atoms with Gasteiger partial charge >= 0.3 is 0 Å². The molecule has 0 saturated carbocycles. The van der Waals surface area contributed by atoms with Crippen LogP contribution in [-0.2, 0) is 0 Å². The molecule has 1 saturated heterocycles. The lowest BCUT2D eigenvalue weighted by atomic mass is 10.1. The molecule has 22 heavy (non-hydrogen) atoms. The average molecular weight is 314 g/mol. The highest BCUT2D eigenvalue weighted by Crippen LogP contribution is 2.33. The molecule has 0 N–H and O–H groups in total. The number of rotatable bonds is 3. The van der Waals surface area contributed by atoms with Crippen LogP contribution in [0.3, 0.4) is 0 Å². The number of hydrogen-bond acceptors (Lipinski definition) is 3. The molecular weight excluding hydrogens is 292 g/mol. The number of benzene rings is 1. The predicted molar refractivity (Wildman–Crippen MR) is 94.0 cm³/mol. The maximum absolute atomic E-state index is 12.6. The Balaban J connectivity index is 1.86. The molecule has 0 atom stereocenters. The number of aryl methyl sites for hydroxylation is 1. The third kappa shape index (κ3) is 2.88. The lowest BCUT2D eigenvalue weighted by Gasteiger charge is -2.14. The van der Waals surface area contributed by atoms with Crippen molar-refractivity contribution in [1.82, 2.24) is 4.90 Å². The van der Waals surface area contributed by atoms with Crippen LogP contribution in [0.25, 0.3) is 10.4 Å². The summed E-state index contributed by atoms with van der Waals surface area (Å²) >= 11 is 1.62. The van der Waals surface area contributed by atoms with Gasteiger partial charge in [-0.2, -0.15) is 0 Å². The van der Waals surface area contributed by atoms with Gasteiger partial charge in [0.25, 0.3) is 5.91 Å². The van der Waals surface area contributed by atoms with Gasteiger partial charge in [0.05, 0.1) is 4.88 Å². The molecule has 1 fully saturated rings. The summed E-state index contributed by atoms with van der Waals surface area (Å²) < 4.78 is 0. The second kappa shape index (κ2) is 6.13. The third-order valence-corrected chi connectivity index (χ3v) is 5.45. The zero-order valence-electron chi connectivity index (χ0n) is 13.4.